The maximum Gasteiger partial charge on any atom is 0.121 e. The number of aliphatic hydroxyl groups excluding tert-OH is 1. The number of nitrogens with one attached hydrogen (secondary N) is 1. The number of rotatable bonds is 6. The predicted octanol–water partition coefficient (Wildman–Crippen LogP) is 4.45. The van der Waals surface area contributed by atoms with Gasteiger partial charge in [0.25, 0.3) is 0 Å². The van der Waals surface area contributed by atoms with Crippen LogP contribution >= 0.6 is 36.4 Å². The molecule has 2 fully saturated rings. The van der Waals surface area contributed by atoms with Gasteiger partial charge in [0.05, 0.1) is 0 Å². The lowest BCUT2D eigenvalue weighted by atomic mass is 9.73. The molecule has 3 heterocycles. The molecule has 31 heavy (non-hydrogen) atoms. The first-order chi connectivity index (χ1) is 14.1. The molecule has 4 rings (SSSR count). The van der Waals surface area contributed by atoms with Crippen molar-refractivity contribution in [1.82, 2.24) is 15.2 Å². The van der Waals surface area contributed by atoms with E-state index in [2.05, 4.69) is 15.2 Å². The predicted molar refractivity (Wildman–Crippen MR) is 131 cm³/mol. The van der Waals surface area contributed by atoms with Crippen molar-refractivity contribution in [2.75, 3.05) is 39.3 Å². The first kappa shape index (κ1) is 26.2. The molecule has 172 valence electrons. The summed E-state index contributed by atoms with van der Waals surface area (Å²) in [6, 6.07) is 9.55. The molecule has 0 aliphatic carbocycles. The second-order valence-electron chi connectivity index (χ2n) is 8.46. The van der Waals surface area contributed by atoms with Crippen molar-refractivity contribution in [3.63, 3.8) is 0 Å². The van der Waals surface area contributed by atoms with E-state index in [1.807, 2.05) is 24.3 Å². The van der Waals surface area contributed by atoms with E-state index in [-0.39, 0.29) is 31.4 Å². The Kier molecular flexibility index (Phi) is 10.3. The monoisotopic (exact) mass is 487 g/mol. The Hall–Kier alpha value is -1.08. The minimum absolute atomic E-state index is 0. The number of aliphatic hydroxyl groups is 1. The number of β-amino-alcohol motifs (C(OH)–C–C–N with tert-alkyl or cyclic N) is 1. The Balaban J connectivity index is 0.00000171. The number of halogens is 3. The molecule has 0 bridgehead atoms. The van der Waals surface area contributed by atoms with E-state index in [0.717, 1.165) is 37.3 Å². The van der Waals surface area contributed by atoms with E-state index in [9.17, 15) is 5.11 Å². The number of likely N-dealkylation sites (tertiary alicyclic amines) is 1. The van der Waals surface area contributed by atoms with Crippen LogP contribution in [0.1, 0.15) is 25.7 Å². The summed E-state index contributed by atoms with van der Waals surface area (Å²) in [4.78, 5) is 6.48. The zero-order valence-electron chi connectivity index (χ0n) is 17.6. The molecule has 0 radical (unpaired) electrons. The topological polar surface area (TPSA) is 57.6 Å². The normalized spacial score (nSPS) is 19.2. The summed E-state index contributed by atoms with van der Waals surface area (Å²) in [5.74, 6) is 0.678. The Morgan fingerprint density at radius 1 is 1.10 bits per heavy atom. The second-order valence-corrected chi connectivity index (χ2v) is 8.90. The van der Waals surface area contributed by atoms with Crippen LogP contribution in [-0.2, 0) is 0 Å². The van der Waals surface area contributed by atoms with Crippen molar-refractivity contribution >= 4 is 36.4 Å². The molecule has 2 N–H and O–H groups in total. The van der Waals surface area contributed by atoms with E-state index in [1.54, 1.807) is 18.5 Å². The number of piperidine rings is 2. The number of pyridine rings is 1. The summed E-state index contributed by atoms with van der Waals surface area (Å²) in [6.07, 6.45) is 8.03. The van der Waals surface area contributed by atoms with Gasteiger partial charge in [-0.15, -0.1) is 24.8 Å². The van der Waals surface area contributed by atoms with Crippen molar-refractivity contribution in [2.45, 2.75) is 31.8 Å². The Labute approximate surface area is 202 Å². The average molecular weight is 489 g/mol. The highest BCUT2D eigenvalue weighted by Gasteiger charge is 2.36. The first-order valence-corrected chi connectivity index (χ1v) is 10.9. The molecule has 0 amide bonds. The van der Waals surface area contributed by atoms with Gasteiger partial charge in [-0.2, -0.15) is 0 Å². The van der Waals surface area contributed by atoms with Crippen LogP contribution in [0.15, 0.2) is 42.7 Å². The zero-order chi connectivity index (χ0) is 20.1. The molecule has 2 aliphatic heterocycles. The largest absolute Gasteiger partial charge is 0.491 e. The third kappa shape index (κ3) is 7.21. The van der Waals surface area contributed by atoms with Gasteiger partial charge < -0.3 is 20.1 Å². The van der Waals surface area contributed by atoms with Crippen LogP contribution in [0.4, 0.5) is 0 Å². The van der Waals surface area contributed by atoms with Gasteiger partial charge in [0.2, 0.25) is 0 Å². The lowest BCUT2D eigenvalue weighted by Gasteiger charge is -2.45. The molecule has 1 unspecified atom stereocenters. The highest BCUT2D eigenvalue weighted by Crippen LogP contribution is 2.38. The van der Waals surface area contributed by atoms with Gasteiger partial charge in [-0.25, -0.2) is 0 Å². The highest BCUT2D eigenvalue weighted by atomic mass is 35.5. The average Bonchev–Trinajstić information content (AvgIpc) is 2.73. The molecule has 1 aromatic carbocycles. The van der Waals surface area contributed by atoms with Crippen LogP contribution in [0, 0.1) is 5.41 Å². The summed E-state index contributed by atoms with van der Waals surface area (Å²) in [6.45, 7) is 5.32. The molecular weight excluding hydrogens is 457 g/mol. The fourth-order valence-corrected chi connectivity index (χ4v) is 4.96. The van der Waals surface area contributed by atoms with Gasteiger partial charge in [-0.3, -0.25) is 4.98 Å². The smallest absolute Gasteiger partial charge is 0.121 e. The standard InChI is InChI=1S/C23H30ClN3O2.2ClH/c24-20-12-19(18-2-7-25-8-3-18)13-22(14-20)29-16-21(28)15-27-11-1-4-23(17-27)5-9-26-10-6-23;;/h2-3,7-8,12-14,21,26,28H,1,4-6,9-11,15-17H2;2*1H. The van der Waals surface area contributed by atoms with Crippen molar-refractivity contribution in [1.29, 1.82) is 0 Å². The number of aromatic nitrogens is 1. The molecule has 1 spiro atoms. The number of benzene rings is 1. The number of nitrogens with zero attached hydrogens (tertiary/aromatic N) is 2. The van der Waals surface area contributed by atoms with Crippen LogP contribution < -0.4 is 10.1 Å². The Morgan fingerprint density at radius 2 is 1.84 bits per heavy atom. The second kappa shape index (κ2) is 12.2. The lowest BCUT2D eigenvalue weighted by molar-refractivity contribution is 0.0144. The summed E-state index contributed by atoms with van der Waals surface area (Å²) < 4.78 is 5.90. The van der Waals surface area contributed by atoms with Crippen LogP contribution in [-0.4, -0.2) is 60.4 Å². The molecule has 8 heteroatoms. The lowest BCUT2D eigenvalue weighted by Crippen LogP contribution is -2.50. The minimum Gasteiger partial charge on any atom is -0.491 e. The van der Waals surface area contributed by atoms with Gasteiger partial charge >= 0.3 is 0 Å². The fraction of sp³-hybridized carbons (Fsp3) is 0.522. The van der Waals surface area contributed by atoms with E-state index in [4.69, 9.17) is 16.3 Å². The third-order valence-electron chi connectivity index (χ3n) is 6.20. The van der Waals surface area contributed by atoms with Crippen LogP contribution in [0.3, 0.4) is 0 Å². The number of ether oxygens (including phenoxy) is 1. The van der Waals surface area contributed by atoms with Crippen LogP contribution in [0.5, 0.6) is 5.75 Å². The quantitative estimate of drug-likeness (QED) is 0.629. The van der Waals surface area contributed by atoms with E-state index in [1.165, 1.54) is 25.7 Å². The Morgan fingerprint density at radius 3 is 2.58 bits per heavy atom. The first-order valence-electron chi connectivity index (χ1n) is 10.6. The van der Waals surface area contributed by atoms with Crippen LogP contribution in [0.25, 0.3) is 11.1 Å². The van der Waals surface area contributed by atoms with Crippen molar-refractivity contribution in [3.8, 4) is 16.9 Å². The van der Waals surface area contributed by atoms with Gasteiger partial charge in [-0.05, 0) is 92.2 Å². The molecule has 2 aliphatic rings. The SMILES string of the molecule is Cl.Cl.OC(COc1cc(Cl)cc(-c2ccncc2)c1)CN1CCCC2(CCNCC2)C1. The molecule has 2 saturated heterocycles. The maximum atomic E-state index is 10.6. The third-order valence-corrected chi connectivity index (χ3v) is 6.42. The van der Waals surface area contributed by atoms with Gasteiger partial charge in [0, 0.05) is 30.5 Å². The zero-order valence-corrected chi connectivity index (χ0v) is 20.0. The molecule has 5 nitrogen and oxygen atoms in total. The summed E-state index contributed by atoms with van der Waals surface area (Å²) >= 11 is 6.28. The molecule has 0 saturated carbocycles. The van der Waals surface area contributed by atoms with Gasteiger partial charge in [0.1, 0.15) is 18.5 Å². The van der Waals surface area contributed by atoms with Gasteiger partial charge in [0.15, 0.2) is 0 Å². The van der Waals surface area contributed by atoms with E-state index >= 15 is 0 Å². The maximum absolute atomic E-state index is 10.6. The van der Waals surface area contributed by atoms with Crippen molar-refractivity contribution < 1.29 is 9.84 Å². The number of hydrogen-bond acceptors (Lipinski definition) is 5. The molecule has 1 atom stereocenters. The van der Waals surface area contributed by atoms with E-state index < -0.39 is 6.10 Å². The summed E-state index contributed by atoms with van der Waals surface area (Å²) in [5, 5.41) is 14.7. The van der Waals surface area contributed by atoms with E-state index in [0.29, 0.717) is 22.7 Å². The number of hydrogen-bond donors (Lipinski definition) is 2. The Bertz CT molecular complexity index is 798. The van der Waals surface area contributed by atoms with Crippen molar-refractivity contribution in [3.05, 3.63) is 47.7 Å². The molecular formula is C23H32Cl3N3O2. The van der Waals surface area contributed by atoms with Gasteiger partial charge in [-0.1, -0.05) is 11.6 Å². The van der Waals surface area contributed by atoms with Crippen LogP contribution in [0.2, 0.25) is 5.02 Å². The minimum atomic E-state index is -0.518. The summed E-state index contributed by atoms with van der Waals surface area (Å²) in [7, 11) is 0. The summed E-state index contributed by atoms with van der Waals surface area (Å²) in [5.41, 5.74) is 2.46. The fourth-order valence-electron chi connectivity index (χ4n) is 4.73. The highest BCUT2D eigenvalue weighted by molar-refractivity contribution is 6.31. The molecule has 2 aromatic rings. The molecule has 1 aromatic heterocycles. The van der Waals surface area contributed by atoms with Crippen molar-refractivity contribution in [2.24, 2.45) is 5.41 Å².